The number of rotatable bonds is 7. The fraction of sp³-hybridized carbons (Fsp3) is 0.478. The highest BCUT2D eigenvalue weighted by Crippen LogP contribution is 2.25. The number of aromatic nitrogens is 5. The molecule has 34 heavy (non-hydrogen) atoms. The number of likely N-dealkylation sites (tertiary alicyclic amines) is 1. The van der Waals surface area contributed by atoms with Gasteiger partial charge in [0.2, 0.25) is 11.7 Å². The lowest BCUT2D eigenvalue weighted by Gasteiger charge is -2.29. The molecular formula is C23H27ClN6O4. The number of aliphatic hydroxyl groups excluding tert-OH is 1. The molecule has 0 amide bonds. The zero-order valence-corrected chi connectivity index (χ0v) is 19.9. The molecular weight excluding hydrogens is 460 g/mol. The van der Waals surface area contributed by atoms with E-state index in [1.54, 1.807) is 34.5 Å². The molecule has 4 aromatic rings. The number of fused-ring (bicyclic) bond motifs is 3. The molecule has 1 atom stereocenters. The van der Waals surface area contributed by atoms with Crippen molar-refractivity contribution < 1.29 is 14.4 Å². The van der Waals surface area contributed by atoms with Crippen LogP contribution in [0.25, 0.3) is 28.1 Å². The molecule has 1 N–H and O–H groups in total. The number of methoxy groups -OCH3 is 1. The summed E-state index contributed by atoms with van der Waals surface area (Å²) >= 11 is 6.30. The third-order valence-corrected chi connectivity index (χ3v) is 6.63. The van der Waals surface area contributed by atoms with Gasteiger partial charge in [0, 0.05) is 38.3 Å². The Balaban J connectivity index is 1.59. The van der Waals surface area contributed by atoms with Crippen molar-refractivity contribution in [3.8, 4) is 11.5 Å². The van der Waals surface area contributed by atoms with Gasteiger partial charge in [0.25, 0.3) is 5.56 Å². The number of ether oxygens (including phenoxy) is 1. The summed E-state index contributed by atoms with van der Waals surface area (Å²) in [5.41, 5.74) is 2.10. The molecule has 0 saturated carbocycles. The molecule has 5 rings (SSSR count). The number of nitrogens with zero attached hydrogens (tertiary/aromatic N) is 6. The summed E-state index contributed by atoms with van der Waals surface area (Å²) < 4.78 is 14.1. The van der Waals surface area contributed by atoms with Crippen molar-refractivity contribution in [2.45, 2.75) is 38.3 Å². The minimum Gasteiger partial charge on any atom is -0.393 e. The first-order valence-electron chi connectivity index (χ1n) is 11.4. The first-order chi connectivity index (χ1) is 16.5. The zero-order chi connectivity index (χ0) is 23.8. The summed E-state index contributed by atoms with van der Waals surface area (Å²) in [5.74, 6) is 0.614. The molecule has 180 valence electrons. The van der Waals surface area contributed by atoms with Gasteiger partial charge in [0.05, 0.1) is 29.7 Å². The van der Waals surface area contributed by atoms with E-state index in [1.807, 2.05) is 13.0 Å². The van der Waals surface area contributed by atoms with Gasteiger partial charge in [0.15, 0.2) is 0 Å². The summed E-state index contributed by atoms with van der Waals surface area (Å²) in [4.78, 5) is 25.0. The van der Waals surface area contributed by atoms with Crippen LogP contribution in [0.5, 0.6) is 0 Å². The van der Waals surface area contributed by atoms with Crippen molar-refractivity contribution in [1.82, 2.24) is 29.0 Å². The second kappa shape index (κ2) is 9.46. The lowest BCUT2D eigenvalue weighted by atomic mass is 10.1. The van der Waals surface area contributed by atoms with Gasteiger partial charge in [-0.25, -0.2) is 4.98 Å². The topological polar surface area (TPSA) is 111 Å². The van der Waals surface area contributed by atoms with Crippen molar-refractivity contribution in [3.63, 3.8) is 0 Å². The van der Waals surface area contributed by atoms with Gasteiger partial charge in [0.1, 0.15) is 17.5 Å². The SMILES string of the molecule is COCC(C)c1nc(-c2ncn3c2c(=O)n(CCN2CCC(O)CC2)c2cc(Cl)ccc23)no1. The second-order valence-electron chi connectivity index (χ2n) is 8.79. The predicted molar refractivity (Wildman–Crippen MR) is 127 cm³/mol. The summed E-state index contributed by atoms with van der Waals surface area (Å²) in [6, 6.07) is 5.48. The number of halogens is 1. The summed E-state index contributed by atoms with van der Waals surface area (Å²) in [6.07, 6.45) is 2.85. The molecule has 4 heterocycles. The van der Waals surface area contributed by atoms with E-state index in [2.05, 4.69) is 20.0 Å². The van der Waals surface area contributed by atoms with Crippen LogP contribution in [0.1, 0.15) is 31.6 Å². The maximum atomic E-state index is 13.8. The fourth-order valence-electron chi connectivity index (χ4n) is 4.51. The van der Waals surface area contributed by atoms with E-state index < -0.39 is 0 Å². The van der Waals surface area contributed by atoms with E-state index in [0.29, 0.717) is 41.8 Å². The summed E-state index contributed by atoms with van der Waals surface area (Å²) in [5, 5.41) is 14.4. The zero-order valence-electron chi connectivity index (χ0n) is 19.1. The van der Waals surface area contributed by atoms with Gasteiger partial charge in [-0.1, -0.05) is 23.7 Å². The van der Waals surface area contributed by atoms with Crippen LogP contribution in [0.3, 0.4) is 0 Å². The Morgan fingerprint density at radius 1 is 1.26 bits per heavy atom. The Labute approximate surface area is 200 Å². The van der Waals surface area contributed by atoms with E-state index in [0.717, 1.165) is 37.0 Å². The van der Waals surface area contributed by atoms with Crippen LogP contribution in [-0.4, -0.2) is 73.6 Å². The van der Waals surface area contributed by atoms with Crippen molar-refractivity contribution in [2.24, 2.45) is 0 Å². The van der Waals surface area contributed by atoms with Crippen LogP contribution in [-0.2, 0) is 11.3 Å². The quantitative estimate of drug-likeness (QED) is 0.424. The molecule has 10 nitrogen and oxygen atoms in total. The monoisotopic (exact) mass is 486 g/mol. The number of hydrogen-bond donors (Lipinski definition) is 1. The predicted octanol–water partition coefficient (Wildman–Crippen LogP) is 2.56. The number of benzene rings is 1. The highest BCUT2D eigenvalue weighted by molar-refractivity contribution is 6.31. The van der Waals surface area contributed by atoms with Gasteiger partial charge in [-0.3, -0.25) is 9.20 Å². The average Bonchev–Trinajstić information content (AvgIpc) is 3.48. The standard InChI is InChI=1S/C23H27ClN6O4/c1-14(12-33-2)22-26-21(27-34-22)19-20-23(32)29(10-9-28-7-5-16(31)6-8-28)18-11-15(24)3-4-17(18)30(20)13-25-19/h3-4,11,13-14,16,31H,5-10,12H2,1-2H3. The lowest BCUT2D eigenvalue weighted by Crippen LogP contribution is -2.39. The minimum atomic E-state index is -0.240. The average molecular weight is 487 g/mol. The molecule has 1 unspecified atom stereocenters. The summed E-state index contributed by atoms with van der Waals surface area (Å²) in [7, 11) is 1.61. The second-order valence-corrected chi connectivity index (χ2v) is 9.22. The highest BCUT2D eigenvalue weighted by atomic mass is 35.5. The van der Waals surface area contributed by atoms with Gasteiger partial charge >= 0.3 is 0 Å². The minimum absolute atomic E-state index is 0.0807. The van der Waals surface area contributed by atoms with Crippen LogP contribution >= 0.6 is 11.6 Å². The van der Waals surface area contributed by atoms with Crippen molar-refractivity contribution in [2.75, 3.05) is 33.4 Å². The first kappa shape index (κ1) is 23.0. The van der Waals surface area contributed by atoms with Crippen molar-refractivity contribution >= 4 is 28.2 Å². The summed E-state index contributed by atoms with van der Waals surface area (Å²) in [6.45, 7) is 5.15. The van der Waals surface area contributed by atoms with Gasteiger partial charge in [-0.2, -0.15) is 4.98 Å². The Bertz CT molecular complexity index is 1370. The van der Waals surface area contributed by atoms with E-state index in [4.69, 9.17) is 20.9 Å². The molecule has 1 aliphatic heterocycles. The maximum absolute atomic E-state index is 13.8. The van der Waals surface area contributed by atoms with E-state index >= 15 is 0 Å². The van der Waals surface area contributed by atoms with Crippen LogP contribution < -0.4 is 5.56 Å². The van der Waals surface area contributed by atoms with E-state index in [1.165, 1.54) is 0 Å². The van der Waals surface area contributed by atoms with Crippen molar-refractivity contribution in [1.29, 1.82) is 0 Å². The smallest absolute Gasteiger partial charge is 0.277 e. The number of imidazole rings is 1. The Hall–Kier alpha value is -2.79. The molecule has 0 spiro atoms. The number of hydrogen-bond acceptors (Lipinski definition) is 8. The maximum Gasteiger partial charge on any atom is 0.277 e. The van der Waals surface area contributed by atoms with Crippen LogP contribution in [0.4, 0.5) is 0 Å². The lowest BCUT2D eigenvalue weighted by molar-refractivity contribution is 0.0810. The molecule has 1 saturated heterocycles. The van der Waals surface area contributed by atoms with Crippen molar-refractivity contribution in [3.05, 3.63) is 45.8 Å². The molecule has 0 bridgehead atoms. The molecule has 11 heteroatoms. The molecule has 0 aliphatic carbocycles. The van der Waals surface area contributed by atoms with E-state index in [9.17, 15) is 9.90 Å². The van der Waals surface area contributed by atoms with E-state index in [-0.39, 0.29) is 23.4 Å². The fourth-order valence-corrected chi connectivity index (χ4v) is 4.68. The van der Waals surface area contributed by atoms with Crippen LogP contribution in [0.2, 0.25) is 5.02 Å². The Morgan fingerprint density at radius 2 is 2.06 bits per heavy atom. The molecule has 1 aromatic carbocycles. The van der Waals surface area contributed by atoms with Crippen LogP contribution in [0, 0.1) is 0 Å². The number of piperidine rings is 1. The highest BCUT2D eigenvalue weighted by Gasteiger charge is 2.23. The largest absolute Gasteiger partial charge is 0.393 e. The van der Waals surface area contributed by atoms with Gasteiger partial charge in [-0.15, -0.1) is 0 Å². The van der Waals surface area contributed by atoms with Gasteiger partial charge in [-0.05, 0) is 31.0 Å². The molecule has 0 radical (unpaired) electrons. The first-order valence-corrected chi connectivity index (χ1v) is 11.8. The Kier molecular flexibility index (Phi) is 6.39. The number of aliphatic hydroxyl groups is 1. The van der Waals surface area contributed by atoms with Gasteiger partial charge < -0.3 is 23.8 Å². The molecule has 3 aromatic heterocycles. The van der Waals surface area contributed by atoms with Crippen LogP contribution in [0.15, 0.2) is 33.8 Å². The third kappa shape index (κ3) is 4.22. The third-order valence-electron chi connectivity index (χ3n) is 6.39. The molecule has 1 aliphatic rings. The normalized spacial score (nSPS) is 16.6. The molecule has 1 fully saturated rings. The Morgan fingerprint density at radius 3 is 2.82 bits per heavy atom.